The molecule has 0 aliphatic rings. The highest BCUT2D eigenvalue weighted by Crippen LogP contribution is 2.33. The van der Waals surface area contributed by atoms with Crippen molar-refractivity contribution >= 4 is 68.4 Å². The van der Waals surface area contributed by atoms with Crippen molar-refractivity contribution < 1.29 is 4.79 Å². The fourth-order valence-corrected chi connectivity index (χ4v) is 4.49. The van der Waals surface area contributed by atoms with Crippen LogP contribution in [0.1, 0.15) is 0 Å². The van der Waals surface area contributed by atoms with E-state index in [9.17, 15) is 4.79 Å². The number of halogens is 2. The standard InChI is InChI=1S/C19H20ClN3OS2.ClH/c1-22(2)11-12-23(17(24)13-25-14-7-4-3-5-8-14)19-21-18-15(20)9-6-10-16(18)26-19;/h3-10H,11-13H2,1-2H3;1H. The molecule has 0 atom stereocenters. The second kappa shape index (κ2) is 10.3. The average Bonchev–Trinajstić information content (AvgIpc) is 3.06. The van der Waals surface area contributed by atoms with Crippen molar-refractivity contribution in [2.45, 2.75) is 4.90 Å². The lowest BCUT2D eigenvalue weighted by atomic mass is 10.3. The Hall–Kier alpha value is -1.31. The number of hydrogen-bond donors (Lipinski definition) is 0. The van der Waals surface area contributed by atoms with Crippen molar-refractivity contribution in [3.8, 4) is 0 Å². The van der Waals surface area contributed by atoms with Gasteiger partial charge in [0.15, 0.2) is 5.13 Å². The first-order chi connectivity index (χ1) is 12.5. The van der Waals surface area contributed by atoms with Gasteiger partial charge in [0.05, 0.1) is 15.5 Å². The van der Waals surface area contributed by atoms with E-state index in [1.54, 1.807) is 16.7 Å². The summed E-state index contributed by atoms with van der Waals surface area (Å²) in [5.41, 5.74) is 0.757. The number of rotatable bonds is 7. The largest absolute Gasteiger partial charge is 0.308 e. The van der Waals surface area contributed by atoms with Gasteiger partial charge in [0.1, 0.15) is 5.52 Å². The molecule has 0 radical (unpaired) electrons. The molecule has 1 amide bonds. The molecule has 1 aromatic heterocycles. The summed E-state index contributed by atoms with van der Waals surface area (Å²) in [6.07, 6.45) is 0. The number of fused-ring (bicyclic) bond motifs is 1. The Bertz CT molecular complexity index is 887. The Labute approximate surface area is 178 Å². The van der Waals surface area contributed by atoms with Crippen LogP contribution in [0.4, 0.5) is 5.13 Å². The summed E-state index contributed by atoms with van der Waals surface area (Å²) in [6, 6.07) is 15.7. The monoisotopic (exact) mass is 441 g/mol. The molecule has 0 N–H and O–H groups in total. The zero-order valence-electron chi connectivity index (χ0n) is 15.1. The number of carbonyl (C=O) groups excluding carboxylic acids is 1. The maximum atomic E-state index is 12.9. The van der Waals surface area contributed by atoms with Crippen molar-refractivity contribution in [2.24, 2.45) is 0 Å². The summed E-state index contributed by atoms with van der Waals surface area (Å²) in [5.74, 6) is 0.428. The Morgan fingerprint density at radius 3 is 2.52 bits per heavy atom. The maximum absolute atomic E-state index is 12.9. The molecule has 2 aromatic carbocycles. The van der Waals surface area contributed by atoms with E-state index >= 15 is 0 Å². The van der Waals surface area contributed by atoms with Gasteiger partial charge in [0.2, 0.25) is 5.91 Å². The molecule has 3 rings (SSSR count). The molecule has 27 heavy (non-hydrogen) atoms. The van der Waals surface area contributed by atoms with Crippen LogP contribution in [-0.2, 0) is 4.79 Å². The number of aromatic nitrogens is 1. The molecule has 0 bridgehead atoms. The maximum Gasteiger partial charge on any atom is 0.239 e. The Morgan fingerprint density at radius 2 is 1.85 bits per heavy atom. The minimum Gasteiger partial charge on any atom is -0.308 e. The Kier molecular flexibility index (Phi) is 8.38. The fourth-order valence-electron chi connectivity index (χ4n) is 2.39. The second-order valence-electron chi connectivity index (χ2n) is 6.03. The van der Waals surface area contributed by atoms with Crippen molar-refractivity contribution in [3.63, 3.8) is 0 Å². The quantitative estimate of drug-likeness (QED) is 0.480. The van der Waals surface area contributed by atoms with E-state index in [2.05, 4.69) is 9.88 Å². The highest BCUT2D eigenvalue weighted by atomic mass is 35.5. The number of likely N-dealkylation sites (N-methyl/N-ethyl adjacent to an activating group) is 1. The number of thioether (sulfide) groups is 1. The first-order valence-corrected chi connectivity index (χ1v) is 10.4. The van der Waals surface area contributed by atoms with Crippen LogP contribution < -0.4 is 4.90 Å². The molecule has 0 saturated heterocycles. The number of benzene rings is 2. The summed E-state index contributed by atoms with van der Waals surface area (Å²) in [7, 11) is 3.99. The van der Waals surface area contributed by atoms with Crippen molar-refractivity contribution in [1.29, 1.82) is 0 Å². The fraction of sp³-hybridized carbons (Fsp3) is 0.263. The Balaban J connectivity index is 0.00000261. The number of anilines is 1. The summed E-state index contributed by atoms with van der Waals surface area (Å²) < 4.78 is 0.992. The van der Waals surface area contributed by atoms with Crippen LogP contribution in [0.25, 0.3) is 10.2 Å². The molecule has 144 valence electrons. The minimum atomic E-state index is 0. The van der Waals surface area contributed by atoms with Crippen LogP contribution in [0.15, 0.2) is 53.4 Å². The van der Waals surface area contributed by atoms with E-state index in [0.29, 0.717) is 22.5 Å². The Morgan fingerprint density at radius 1 is 1.11 bits per heavy atom. The van der Waals surface area contributed by atoms with E-state index < -0.39 is 0 Å². The van der Waals surface area contributed by atoms with Crippen LogP contribution >= 0.6 is 47.1 Å². The lowest BCUT2D eigenvalue weighted by Gasteiger charge is -2.21. The molecule has 4 nitrogen and oxygen atoms in total. The van der Waals surface area contributed by atoms with Gasteiger partial charge in [-0.3, -0.25) is 9.69 Å². The van der Waals surface area contributed by atoms with Gasteiger partial charge in [-0.25, -0.2) is 4.98 Å². The van der Waals surface area contributed by atoms with Gasteiger partial charge in [-0.2, -0.15) is 0 Å². The van der Waals surface area contributed by atoms with E-state index in [1.807, 2.05) is 62.6 Å². The van der Waals surface area contributed by atoms with E-state index in [0.717, 1.165) is 21.7 Å². The number of nitrogens with zero attached hydrogens (tertiary/aromatic N) is 3. The number of amides is 1. The second-order valence-corrected chi connectivity index (χ2v) is 8.50. The summed E-state index contributed by atoms with van der Waals surface area (Å²) in [6.45, 7) is 1.37. The predicted molar refractivity (Wildman–Crippen MR) is 120 cm³/mol. The molecule has 0 aliphatic carbocycles. The van der Waals surface area contributed by atoms with Crippen molar-refractivity contribution in [1.82, 2.24) is 9.88 Å². The third kappa shape index (κ3) is 5.83. The third-order valence-corrected chi connectivity index (χ3v) is 6.11. The van der Waals surface area contributed by atoms with Gasteiger partial charge in [0, 0.05) is 18.0 Å². The molecule has 0 fully saturated rings. The van der Waals surface area contributed by atoms with Gasteiger partial charge in [0.25, 0.3) is 0 Å². The number of hydrogen-bond acceptors (Lipinski definition) is 5. The molecule has 1 heterocycles. The molecule has 0 unspecified atom stereocenters. The van der Waals surface area contributed by atoms with E-state index in [1.165, 1.54) is 11.3 Å². The molecule has 3 aromatic rings. The zero-order chi connectivity index (χ0) is 18.5. The smallest absolute Gasteiger partial charge is 0.239 e. The van der Waals surface area contributed by atoms with E-state index in [-0.39, 0.29) is 18.3 Å². The SMILES string of the molecule is CN(C)CCN(C(=O)CSc1ccccc1)c1nc2c(Cl)cccc2s1.Cl. The van der Waals surface area contributed by atoms with Gasteiger partial charge in [-0.1, -0.05) is 47.2 Å². The summed E-state index contributed by atoms with van der Waals surface area (Å²) in [4.78, 5) is 22.5. The predicted octanol–water partition coefficient (Wildman–Crippen LogP) is 5.06. The van der Waals surface area contributed by atoms with Gasteiger partial charge >= 0.3 is 0 Å². The topological polar surface area (TPSA) is 36.4 Å². The zero-order valence-corrected chi connectivity index (χ0v) is 18.3. The van der Waals surface area contributed by atoms with Crippen molar-refractivity contribution in [2.75, 3.05) is 37.8 Å². The van der Waals surface area contributed by atoms with Gasteiger partial charge in [-0.15, -0.1) is 24.2 Å². The van der Waals surface area contributed by atoms with Crippen LogP contribution in [0, 0.1) is 0 Å². The molecular weight excluding hydrogens is 421 g/mol. The number of para-hydroxylation sites is 1. The lowest BCUT2D eigenvalue weighted by Crippen LogP contribution is -2.37. The van der Waals surface area contributed by atoms with Gasteiger partial charge in [-0.05, 0) is 38.4 Å². The van der Waals surface area contributed by atoms with Crippen LogP contribution in [-0.4, -0.2) is 48.7 Å². The van der Waals surface area contributed by atoms with Gasteiger partial charge < -0.3 is 4.90 Å². The van der Waals surface area contributed by atoms with Crippen LogP contribution in [0.2, 0.25) is 5.02 Å². The summed E-state index contributed by atoms with van der Waals surface area (Å²) >= 11 is 9.30. The summed E-state index contributed by atoms with van der Waals surface area (Å²) in [5, 5.41) is 1.32. The lowest BCUT2D eigenvalue weighted by molar-refractivity contribution is -0.116. The number of carbonyl (C=O) groups is 1. The molecule has 0 spiro atoms. The molecule has 0 aliphatic heterocycles. The average molecular weight is 442 g/mol. The van der Waals surface area contributed by atoms with Crippen LogP contribution in [0.5, 0.6) is 0 Å². The first kappa shape index (κ1) is 22.0. The molecule has 0 saturated carbocycles. The molecule has 8 heteroatoms. The third-order valence-electron chi connectivity index (χ3n) is 3.77. The molecular formula is C19H21Cl2N3OS2. The highest BCUT2D eigenvalue weighted by molar-refractivity contribution is 8.00. The normalized spacial score (nSPS) is 10.8. The first-order valence-electron chi connectivity index (χ1n) is 8.22. The van der Waals surface area contributed by atoms with Crippen LogP contribution in [0.3, 0.4) is 0 Å². The number of thiazole rings is 1. The highest BCUT2D eigenvalue weighted by Gasteiger charge is 2.20. The van der Waals surface area contributed by atoms with Crippen molar-refractivity contribution in [3.05, 3.63) is 53.6 Å². The minimum absolute atomic E-state index is 0. The van der Waals surface area contributed by atoms with E-state index in [4.69, 9.17) is 11.6 Å².